The van der Waals surface area contributed by atoms with Crippen LogP contribution < -0.4 is 20.9 Å². The lowest BCUT2D eigenvalue weighted by atomic mass is 10.2. The third-order valence-corrected chi connectivity index (χ3v) is 2.95. The van der Waals surface area contributed by atoms with E-state index in [1.807, 2.05) is 0 Å². The van der Waals surface area contributed by atoms with Gasteiger partial charge in [-0.05, 0) is 30.8 Å². The second-order valence-electron chi connectivity index (χ2n) is 4.51. The van der Waals surface area contributed by atoms with E-state index in [0.717, 1.165) is 12.8 Å². The highest BCUT2D eigenvalue weighted by Crippen LogP contribution is 2.17. The highest BCUT2D eigenvalue weighted by atomic mass is 32.1. The highest BCUT2D eigenvalue weighted by molar-refractivity contribution is 7.80. The van der Waals surface area contributed by atoms with Crippen LogP contribution in [-0.4, -0.2) is 23.5 Å². The largest absolute Gasteiger partial charge is 0.493 e. The predicted molar refractivity (Wildman–Crippen MR) is 88.5 cm³/mol. The standard InChI is InChI=1S/C15H21N3O3S/c1-3-5-10-21-12-9-7-6-8-11(12)14(20)17-18-15(22)16-13(19)4-2/h6-9H,3-5,10H2,1-2H3,(H,17,20)(H2,16,18,19,22). The van der Waals surface area contributed by atoms with Gasteiger partial charge in [-0.3, -0.25) is 20.4 Å². The zero-order valence-corrected chi connectivity index (χ0v) is 13.6. The molecule has 0 saturated heterocycles. The van der Waals surface area contributed by atoms with Gasteiger partial charge < -0.3 is 10.1 Å². The second-order valence-corrected chi connectivity index (χ2v) is 4.92. The molecule has 1 aromatic carbocycles. The summed E-state index contributed by atoms with van der Waals surface area (Å²) in [4.78, 5) is 23.3. The Morgan fingerprint density at radius 1 is 1.18 bits per heavy atom. The Kier molecular flexibility index (Phi) is 7.91. The van der Waals surface area contributed by atoms with Gasteiger partial charge in [-0.15, -0.1) is 0 Å². The fourth-order valence-corrected chi connectivity index (χ4v) is 1.70. The molecule has 7 heteroatoms. The van der Waals surface area contributed by atoms with Gasteiger partial charge in [0.25, 0.3) is 5.91 Å². The lowest BCUT2D eigenvalue weighted by molar-refractivity contribution is -0.119. The van der Waals surface area contributed by atoms with Gasteiger partial charge >= 0.3 is 0 Å². The topological polar surface area (TPSA) is 79.5 Å². The van der Waals surface area contributed by atoms with Crippen LogP contribution in [0.3, 0.4) is 0 Å². The molecule has 1 aromatic rings. The molecule has 0 aliphatic rings. The van der Waals surface area contributed by atoms with Crippen LogP contribution in [-0.2, 0) is 4.79 Å². The van der Waals surface area contributed by atoms with Crippen LogP contribution in [0, 0.1) is 0 Å². The molecule has 1 rings (SSSR count). The van der Waals surface area contributed by atoms with Crippen LogP contribution >= 0.6 is 12.2 Å². The van der Waals surface area contributed by atoms with Crippen LogP contribution in [0.25, 0.3) is 0 Å². The first-order valence-electron chi connectivity index (χ1n) is 7.20. The summed E-state index contributed by atoms with van der Waals surface area (Å²) in [5.41, 5.74) is 5.32. The Morgan fingerprint density at radius 3 is 2.59 bits per heavy atom. The number of hydrazine groups is 1. The maximum Gasteiger partial charge on any atom is 0.273 e. The first-order chi connectivity index (χ1) is 10.6. The highest BCUT2D eigenvalue weighted by Gasteiger charge is 2.12. The van der Waals surface area contributed by atoms with Gasteiger partial charge in [-0.25, -0.2) is 0 Å². The van der Waals surface area contributed by atoms with Crippen LogP contribution in [0.5, 0.6) is 5.75 Å². The number of hydrogen-bond acceptors (Lipinski definition) is 4. The average Bonchev–Trinajstić information content (AvgIpc) is 2.53. The maximum atomic E-state index is 12.1. The molecule has 0 aromatic heterocycles. The van der Waals surface area contributed by atoms with Gasteiger partial charge in [-0.1, -0.05) is 32.4 Å². The van der Waals surface area contributed by atoms with E-state index in [9.17, 15) is 9.59 Å². The van der Waals surface area contributed by atoms with Gasteiger partial charge in [0.1, 0.15) is 5.75 Å². The lowest BCUT2D eigenvalue weighted by Gasteiger charge is -2.13. The molecule has 0 saturated carbocycles. The van der Waals surface area contributed by atoms with Crippen molar-refractivity contribution in [2.45, 2.75) is 33.1 Å². The number of nitrogens with one attached hydrogen (secondary N) is 3. The van der Waals surface area contributed by atoms with E-state index in [0.29, 0.717) is 24.3 Å². The number of carbonyl (C=O) groups excluding carboxylic acids is 2. The van der Waals surface area contributed by atoms with Crippen molar-refractivity contribution in [2.24, 2.45) is 0 Å². The Morgan fingerprint density at radius 2 is 1.91 bits per heavy atom. The molecular weight excluding hydrogens is 302 g/mol. The number of amides is 2. The fraction of sp³-hybridized carbons (Fsp3) is 0.400. The van der Waals surface area contributed by atoms with Gasteiger partial charge in [0.15, 0.2) is 5.11 Å². The van der Waals surface area contributed by atoms with Crippen molar-refractivity contribution >= 4 is 29.1 Å². The smallest absolute Gasteiger partial charge is 0.273 e. The molecular formula is C15H21N3O3S. The molecule has 0 atom stereocenters. The zero-order chi connectivity index (χ0) is 16.4. The third-order valence-electron chi connectivity index (χ3n) is 2.75. The number of benzene rings is 1. The fourth-order valence-electron chi connectivity index (χ4n) is 1.53. The van der Waals surface area contributed by atoms with E-state index in [1.165, 1.54) is 0 Å². The van der Waals surface area contributed by atoms with Crippen molar-refractivity contribution in [2.75, 3.05) is 6.61 Å². The summed E-state index contributed by atoms with van der Waals surface area (Å²) >= 11 is 4.89. The van der Waals surface area contributed by atoms with Gasteiger partial charge in [0.05, 0.1) is 12.2 Å². The minimum Gasteiger partial charge on any atom is -0.493 e. The van der Waals surface area contributed by atoms with Gasteiger partial charge in [0.2, 0.25) is 5.91 Å². The molecule has 0 spiro atoms. The molecule has 6 nitrogen and oxygen atoms in total. The van der Waals surface area contributed by atoms with E-state index in [4.69, 9.17) is 17.0 Å². The van der Waals surface area contributed by atoms with Crippen molar-refractivity contribution < 1.29 is 14.3 Å². The minimum atomic E-state index is -0.389. The van der Waals surface area contributed by atoms with Crippen molar-refractivity contribution in [3.63, 3.8) is 0 Å². The van der Waals surface area contributed by atoms with Gasteiger partial charge in [-0.2, -0.15) is 0 Å². The monoisotopic (exact) mass is 323 g/mol. The Bertz CT molecular complexity index is 535. The molecule has 0 radical (unpaired) electrons. The molecule has 3 N–H and O–H groups in total. The normalized spacial score (nSPS) is 9.73. The Labute approximate surface area is 135 Å². The number of thiocarbonyl (C=S) groups is 1. The Balaban J connectivity index is 2.58. The van der Waals surface area contributed by atoms with E-state index in [-0.39, 0.29) is 16.9 Å². The quantitative estimate of drug-likeness (QED) is 0.423. The molecule has 0 heterocycles. The lowest BCUT2D eigenvalue weighted by Crippen LogP contribution is -2.48. The van der Waals surface area contributed by atoms with E-state index in [2.05, 4.69) is 23.1 Å². The summed E-state index contributed by atoms with van der Waals surface area (Å²) in [5, 5.41) is 2.47. The van der Waals surface area contributed by atoms with Crippen LogP contribution in [0.1, 0.15) is 43.5 Å². The van der Waals surface area contributed by atoms with Gasteiger partial charge in [0, 0.05) is 6.42 Å². The van der Waals surface area contributed by atoms with Crippen LogP contribution in [0.4, 0.5) is 0 Å². The summed E-state index contributed by atoms with van der Waals surface area (Å²) < 4.78 is 5.60. The van der Waals surface area contributed by atoms with Crippen LogP contribution in [0.2, 0.25) is 0 Å². The number of para-hydroxylation sites is 1. The zero-order valence-electron chi connectivity index (χ0n) is 12.8. The van der Waals surface area contributed by atoms with Crippen molar-refractivity contribution in [1.82, 2.24) is 16.2 Å². The number of ether oxygens (including phenoxy) is 1. The molecule has 0 unspecified atom stereocenters. The summed E-state index contributed by atoms with van der Waals surface area (Å²) in [6, 6.07) is 6.95. The van der Waals surface area contributed by atoms with E-state index >= 15 is 0 Å². The van der Waals surface area contributed by atoms with Crippen LogP contribution in [0.15, 0.2) is 24.3 Å². The first-order valence-corrected chi connectivity index (χ1v) is 7.61. The molecule has 22 heavy (non-hydrogen) atoms. The molecule has 0 bridgehead atoms. The molecule has 0 fully saturated rings. The minimum absolute atomic E-state index is 0.0459. The summed E-state index contributed by atoms with van der Waals surface area (Å²) in [6.07, 6.45) is 2.24. The summed E-state index contributed by atoms with van der Waals surface area (Å²) in [5.74, 6) is -0.103. The number of hydrogen-bond donors (Lipinski definition) is 3. The molecule has 120 valence electrons. The maximum absolute atomic E-state index is 12.1. The number of carbonyl (C=O) groups is 2. The summed E-state index contributed by atoms with van der Waals surface area (Å²) in [7, 11) is 0. The van der Waals surface area contributed by atoms with E-state index < -0.39 is 0 Å². The Hall–Kier alpha value is -2.15. The molecule has 0 aliphatic carbocycles. The molecule has 2 amide bonds. The summed E-state index contributed by atoms with van der Waals surface area (Å²) in [6.45, 7) is 4.33. The predicted octanol–water partition coefficient (Wildman–Crippen LogP) is 1.91. The second kappa shape index (κ2) is 9.73. The third kappa shape index (κ3) is 6.09. The number of rotatable bonds is 6. The first kappa shape index (κ1) is 17.9. The average molecular weight is 323 g/mol. The molecule has 0 aliphatic heterocycles. The SMILES string of the molecule is CCCCOc1ccccc1C(=O)NNC(=S)NC(=O)CC. The van der Waals surface area contributed by atoms with E-state index in [1.54, 1.807) is 31.2 Å². The van der Waals surface area contributed by atoms with Crippen molar-refractivity contribution in [3.8, 4) is 5.75 Å². The van der Waals surface area contributed by atoms with Crippen molar-refractivity contribution in [3.05, 3.63) is 29.8 Å². The van der Waals surface area contributed by atoms with Crippen molar-refractivity contribution in [1.29, 1.82) is 0 Å². The number of unbranched alkanes of at least 4 members (excludes halogenated alkanes) is 1.